The van der Waals surface area contributed by atoms with Crippen LogP contribution in [0, 0.1) is 0 Å². The van der Waals surface area contributed by atoms with Gasteiger partial charge < -0.3 is 4.42 Å². The Kier molecular flexibility index (Phi) is 5.82. The van der Waals surface area contributed by atoms with Gasteiger partial charge in [0.1, 0.15) is 11.2 Å². The van der Waals surface area contributed by atoms with Gasteiger partial charge in [-0.3, -0.25) is 0 Å². The standard InChI is InChI=1S/C42H26N2O/c1-3-13-28(14-4-1)36-25-39-40(33-19-10-9-18-32(33)36)35-21-11-20-34(41(35)45-39)38-26-37(43-42(44-38)29-15-5-2-6-16-29)31-23-22-27-12-7-8-17-30(27)24-31/h1-26H. The first-order valence-corrected chi connectivity index (χ1v) is 15.2. The lowest BCUT2D eigenvalue weighted by Crippen LogP contribution is -1.96. The average molecular weight is 575 g/mol. The zero-order valence-corrected chi connectivity index (χ0v) is 24.3. The van der Waals surface area contributed by atoms with Crippen molar-refractivity contribution >= 4 is 43.5 Å². The van der Waals surface area contributed by atoms with E-state index < -0.39 is 0 Å². The van der Waals surface area contributed by atoms with E-state index in [0.717, 1.165) is 55.6 Å². The summed E-state index contributed by atoms with van der Waals surface area (Å²) < 4.78 is 6.80. The molecule has 0 atom stereocenters. The highest BCUT2D eigenvalue weighted by atomic mass is 16.3. The van der Waals surface area contributed by atoms with Crippen LogP contribution >= 0.6 is 0 Å². The number of rotatable bonds is 4. The number of hydrogen-bond acceptors (Lipinski definition) is 3. The van der Waals surface area contributed by atoms with E-state index in [2.05, 4.69) is 140 Å². The molecule has 3 nitrogen and oxygen atoms in total. The topological polar surface area (TPSA) is 38.9 Å². The second-order valence-corrected chi connectivity index (χ2v) is 11.4. The molecule has 0 aliphatic carbocycles. The van der Waals surface area contributed by atoms with Gasteiger partial charge in [0.25, 0.3) is 0 Å². The molecule has 0 unspecified atom stereocenters. The van der Waals surface area contributed by atoms with Gasteiger partial charge in [0.15, 0.2) is 5.82 Å². The summed E-state index contributed by atoms with van der Waals surface area (Å²) in [5.74, 6) is 0.682. The molecule has 0 amide bonds. The Bertz CT molecular complexity index is 2530. The predicted octanol–water partition coefficient (Wildman–Crippen LogP) is 11.4. The Morgan fingerprint density at radius 1 is 0.400 bits per heavy atom. The van der Waals surface area contributed by atoms with Gasteiger partial charge in [-0.25, -0.2) is 9.97 Å². The molecule has 2 aromatic heterocycles. The molecule has 0 saturated carbocycles. The molecule has 2 heterocycles. The minimum absolute atomic E-state index is 0.682. The highest BCUT2D eigenvalue weighted by Crippen LogP contribution is 2.43. The van der Waals surface area contributed by atoms with Crippen LogP contribution < -0.4 is 0 Å². The van der Waals surface area contributed by atoms with E-state index in [4.69, 9.17) is 14.4 Å². The molecule has 9 rings (SSSR count). The van der Waals surface area contributed by atoms with Crippen LogP contribution in [0.5, 0.6) is 0 Å². The number of hydrogen-bond donors (Lipinski definition) is 0. The highest BCUT2D eigenvalue weighted by Gasteiger charge is 2.19. The van der Waals surface area contributed by atoms with Gasteiger partial charge in [0.05, 0.1) is 11.4 Å². The van der Waals surface area contributed by atoms with E-state index in [-0.39, 0.29) is 0 Å². The van der Waals surface area contributed by atoms with Crippen LogP contribution in [0.3, 0.4) is 0 Å². The smallest absolute Gasteiger partial charge is 0.160 e. The van der Waals surface area contributed by atoms with Crippen molar-refractivity contribution in [1.82, 2.24) is 9.97 Å². The molecule has 7 aromatic carbocycles. The predicted molar refractivity (Wildman–Crippen MR) is 186 cm³/mol. The monoisotopic (exact) mass is 574 g/mol. The Hall–Kier alpha value is -6.06. The fourth-order valence-corrected chi connectivity index (χ4v) is 6.52. The molecule has 0 bridgehead atoms. The number of benzene rings is 7. The van der Waals surface area contributed by atoms with E-state index >= 15 is 0 Å². The van der Waals surface area contributed by atoms with Crippen molar-refractivity contribution in [2.24, 2.45) is 0 Å². The lowest BCUT2D eigenvalue weighted by atomic mass is 9.94. The lowest BCUT2D eigenvalue weighted by molar-refractivity contribution is 0.670. The van der Waals surface area contributed by atoms with Gasteiger partial charge in [-0.2, -0.15) is 0 Å². The first-order valence-electron chi connectivity index (χ1n) is 15.2. The molecule has 0 aliphatic heterocycles. The maximum absolute atomic E-state index is 6.80. The number of fused-ring (bicyclic) bond motifs is 6. The minimum atomic E-state index is 0.682. The summed E-state index contributed by atoms with van der Waals surface area (Å²) in [5.41, 5.74) is 8.66. The summed E-state index contributed by atoms with van der Waals surface area (Å²) in [6, 6.07) is 54.9. The van der Waals surface area contributed by atoms with Crippen LogP contribution in [0.25, 0.3) is 88.5 Å². The first-order chi connectivity index (χ1) is 22.3. The Balaban J connectivity index is 1.31. The van der Waals surface area contributed by atoms with Crippen molar-refractivity contribution in [3.63, 3.8) is 0 Å². The largest absolute Gasteiger partial charge is 0.455 e. The maximum Gasteiger partial charge on any atom is 0.160 e. The van der Waals surface area contributed by atoms with Gasteiger partial charge in [0, 0.05) is 27.5 Å². The zero-order chi connectivity index (χ0) is 29.7. The second-order valence-electron chi connectivity index (χ2n) is 11.4. The third-order valence-electron chi connectivity index (χ3n) is 8.67. The summed E-state index contributed by atoms with van der Waals surface area (Å²) in [6.45, 7) is 0. The molecule has 0 N–H and O–H groups in total. The van der Waals surface area contributed by atoms with E-state index in [1.54, 1.807) is 0 Å². The minimum Gasteiger partial charge on any atom is -0.455 e. The molecular formula is C42H26N2O. The van der Waals surface area contributed by atoms with Crippen LogP contribution in [0.4, 0.5) is 0 Å². The number of para-hydroxylation sites is 1. The van der Waals surface area contributed by atoms with Crippen LogP contribution in [0.2, 0.25) is 0 Å². The van der Waals surface area contributed by atoms with Crippen molar-refractivity contribution < 1.29 is 4.42 Å². The van der Waals surface area contributed by atoms with Crippen molar-refractivity contribution in [3.8, 4) is 45.0 Å². The summed E-state index contributed by atoms with van der Waals surface area (Å²) >= 11 is 0. The number of furan rings is 1. The molecule has 210 valence electrons. The zero-order valence-electron chi connectivity index (χ0n) is 24.3. The Labute approximate surface area is 260 Å². The molecule has 9 aromatic rings. The Morgan fingerprint density at radius 3 is 1.89 bits per heavy atom. The third kappa shape index (κ3) is 4.29. The fraction of sp³-hybridized carbons (Fsp3) is 0. The summed E-state index contributed by atoms with van der Waals surface area (Å²) in [5, 5.41) is 6.95. The van der Waals surface area contributed by atoms with Crippen molar-refractivity contribution in [2.45, 2.75) is 0 Å². The normalized spacial score (nSPS) is 11.6. The van der Waals surface area contributed by atoms with E-state index in [0.29, 0.717) is 5.82 Å². The van der Waals surface area contributed by atoms with Crippen LogP contribution in [-0.4, -0.2) is 9.97 Å². The molecule has 0 radical (unpaired) electrons. The quantitative estimate of drug-likeness (QED) is 0.210. The van der Waals surface area contributed by atoms with E-state index in [9.17, 15) is 0 Å². The highest BCUT2D eigenvalue weighted by molar-refractivity contribution is 6.23. The number of aromatic nitrogens is 2. The van der Waals surface area contributed by atoms with E-state index in [1.165, 1.54) is 27.1 Å². The van der Waals surface area contributed by atoms with Gasteiger partial charge in [0.2, 0.25) is 0 Å². The SMILES string of the molecule is c1ccc(-c2nc(-c3ccc4ccccc4c3)cc(-c3cccc4c3oc3cc(-c5ccccc5)c5ccccc5c34)n2)cc1. The van der Waals surface area contributed by atoms with E-state index in [1.807, 2.05) is 18.2 Å². The van der Waals surface area contributed by atoms with Crippen LogP contribution in [0.1, 0.15) is 0 Å². The summed E-state index contributed by atoms with van der Waals surface area (Å²) in [7, 11) is 0. The molecular weight excluding hydrogens is 548 g/mol. The lowest BCUT2D eigenvalue weighted by Gasteiger charge is -2.10. The third-order valence-corrected chi connectivity index (χ3v) is 8.67. The summed E-state index contributed by atoms with van der Waals surface area (Å²) in [6.07, 6.45) is 0. The van der Waals surface area contributed by atoms with Gasteiger partial charge >= 0.3 is 0 Å². The van der Waals surface area contributed by atoms with Crippen molar-refractivity contribution in [2.75, 3.05) is 0 Å². The van der Waals surface area contributed by atoms with Crippen LogP contribution in [0.15, 0.2) is 162 Å². The summed E-state index contributed by atoms with van der Waals surface area (Å²) in [4.78, 5) is 10.2. The van der Waals surface area contributed by atoms with Gasteiger partial charge in [-0.15, -0.1) is 0 Å². The second kappa shape index (κ2) is 10.3. The molecule has 45 heavy (non-hydrogen) atoms. The molecule has 0 aliphatic rings. The van der Waals surface area contributed by atoms with Gasteiger partial charge in [-0.1, -0.05) is 133 Å². The van der Waals surface area contributed by atoms with Gasteiger partial charge in [-0.05, 0) is 56.9 Å². The molecule has 0 fully saturated rings. The average Bonchev–Trinajstić information content (AvgIpc) is 3.51. The molecule has 3 heteroatoms. The first kappa shape index (κ1) is 25.4. The molecule has 0 saturated heterocycles. The maximum atomic E-state index is 6.80. The van der Waals surface area contributed by atoms with Crippen molar-refractivity contribution in [3.05, 3.63) is 158 Å². The van der Waals surface area contributed by atoms with Crippen molar-refractivity contribution in [1.29, 1.82) is 0 Å². The number of nitrogens with zero attached hydrogens (tertiary/aromatic N) is 2. The molecule has 0 spiro atoms. The Morgan fingerprint density at radius 2 is 1.07 bits per heavy atom. The van der Waals surface area contributed by atoms with Crippen LogP contribution in [-0.2, 0) is 0 Å². The fourth-order valence-electron chi connectivity index (χ4n) is 6.52.